The number of carbonyl (C=O) groups is 1. The second kappa shape index (κ2) is 10.5. The molecule has 0 heterocycles. The average molecular weight is 525 g/mol. The Bertz CT molecular complexity index is 1460. The summed E-state index contributed by atoms with van der Waals surface area (Å²) < 4.78 is 28.6. The Labute approximate surface area is 215 Å². The third-order valence-electron chi connectivity index (χ3n) is 5.44. The summed E-state index contributed by atoms with van der Waals surface area (Å²) in [6.45, 7) is 1.89. The van der Waals surface area contributed by atoms with Gasteiger partial charge in [0.15, 0.2) is 0 Å². The summed E-state index contributed by atoms with van der Waals surface area (Å²) in [5.74, 6) is -0.316. The zero-order chi connectivity index (χ0) is 25.0. The van der Waals surface area contributed by atoms with Crippen molar-refractivity contribution in [1.82, 2.24) is 0 Å². The zero-order valence-electron chi connectivity index (χ0n) is 18.8. The number of aryl methyl sites for hydroxylation is 1. The molecule has 8 heteroatoms. The molecule has 0 aromatic heterocycles. The first-order chi connectivity index (χ1) is 16.8. The van der Waals surface area contributed by atoms with E-state index in [0.717, 1.165) is 5.56 Å². The monoisotopic (exact) mass is 524 g/mol. The van der Waals surface area contributed by atoms with Crippen molar-refractivity contribution in [3.05, 3.63) is 124 Å². The minimum Gasteiger partial charge on any atom is -0.321 e. The lowest BCUT2D eigenvalue weighted by atomic mass is 10.1. The van der Waals surface area contributed by atoms with Crippen LogP contribution in [0.4, 0.5) is 11.4 Å². The molecule has 1 amide bonds. The molecule has 0 bridgehead atoms. The first-order valence-electron chi connectivity index (χ1n) is 10.7. The maximum absolute atomic E-state index is 13.6. The minimum absolute atomic E-state index is 0.0603. The zero-order valence-corrected chi connectivity index (χ0v) is 21.1. The molecule has 4 rings (SSSR count). The van der Waals surface area contributed by atoms with Crippen molar-refractivity contribution >= 4 is 50.5 Å². The summed E-state index contributed by atoms with van der Waals surface area (Å²) in [4.78, 5) is 12.8. The molecule has 5 nitrogen and oxygen atoms in total. The van der Waals surface area contributed by atoms with Crippen LogP contribution in [0, 0.1) is 6.92 Å². The lowest BCUT2D eigenvalue weighted by Gasteiger charge is -2.26. The van der Waals surface area contributed by atoms with Crippen LogP contribution in [0.25, 0.3) is 0 Å². The van der Waals surface area contributed by atoms with Crippen molar-refractivity contribution in [3.8, 4) is 0 Å². The number of amides is 1. The number of hydrogen-bond acceptors (Lipinski definition) is 3. The van der Waals surface area contributed by atoms with Crippen LogP contribution in [-0.4, -0.2) is 14.3 Å². The minimum atomic E-state index is -3.88. The van der Waals surface area contributed by atoms with Gasteiger partial charge in [-0.1, -0.05) is 71.7 Å². The summed E-state index contributed by atoms with van der Waals surface area (Å²) in [7, 11) is -3.88. The summed E-state index contributed by atoms with van der Waals surface area (Å²) in [6, 6.07) is 27.1. The van der Waals surface area contributed by atoms with Crippen molar-refractivity contribution in [2.75, 3.05) is 9.62 Å². The number of benzene rings is 4. The number of nitrogens with one attached hydrogen (secondary N) is 1. The van der Waals surface area contributed by atoms with Crippen LogP contribution in [0.3, 0.4) is 0 Å². The Kier molecular flexibility index (Phi) is 7.45. The third kappa shape index (κ3) is 5.68. The van der Waals surface area contributed by atoms with E-state index >= 15 is 0 Å². The largest absolute Gasteiger partial charge is 0.321 e. The van der Waals surface area contributed by atoms with E-state index in [2.05, 4.69) is 5.32 Å². The van der Waals surface area contributed by atoms with Gasteiger partial charge in [-0.3, -0.25) is 9.10 Å². The van der Waals surface area contributed by atoms with Crippen molar-refractivity contribution in [2.24, 2.45) is 0 Å². The Morgan fingerprint density at radius 3 is 2.20 bits per heavy atom. The van der Waals surface area contributed by atoms with E-state index in [1.807, 2.05) is 6.92 Å². The van der Waals surface area contributed by atoms with Gasteiger partial charge in [-0.2, -0.15) is 0 Å². The smallest absolute Gasteiger partial charge is 0.264 e. The Morgan fingerprint density at radius 2 is 1.51 bits per heavy atom. The lowest BCUT2D eigenvalue weighted by molar-refractivity contribution is 0.102. The molecule has 178 valence electrons. The summed E-state index contributed by atoms with van der Waals surface area (Å²) >= 11 is 12.3. The molecule has 0 aliphatic heterocycles. The van der Waals surface area contributed by atoms with E-state index in [4.69, 9.17) is 23.2 Å². The number of hydrogen-bond donors (Lipinski definition) is 1. The first-order valence-corrected chi connectivity index (χ1v) is 12.9. The third-order valence-corrected chi connectivity index (χ3v) is 7.77. The normalized spacial score (nSPS) is 11.2. The number of anilines is 2. The van der Waals surface area contributed by atoms with Gasteiger partial charge in [0.2, 0.25) is 0 Å². The fourth-order valence-corrected chi connectivity index (χ4v) is 5.43. The molecule has 1 N–H and O–H groups in total. The molecule has 0 aliphatic carbocycles. The lowest BCUT2D eigenvalue weighted by Crippen LogP contribution is -2.31. The summed E-state index contributed by atoms with van der Waals surface area (Å²) in [6.07, 6.45) is 0. The van der Waals surface area contributed by atoms with E-state index in [9.17, 15) is 13.2 Å². The van der Waals surface area contributed by atoms with Crippen LogP contribution < -0.4 is 9.62 Å². The Balaban J connectivity index is 1.64. The molecule has 0 saturated carbocycles. The second-order valence-electron chi connectivity index (χ2n) is 7.89. The van der Waals surface area contributed by atoms with Crippen molar-refractivity contribution < 1.29 is 13.2 Å². The van der Waals surface area contributed by atoms with Gasteiger partial charge in [-0.25, -0.2) is 8.42 Å². The maximum atomic E-state index is 13.6. The first kappa shape index (κ1) is 24.8. The van der Waals surface area contributed by atoms with Gasteiger partial charge in [0, 0.05) is 10.6 Å². The molecule has 0 radical (unpaired) electrons. The molecule has 0 atom stereocenters. The highest BCUT2D eigenvalue weighted by atomic mass is 35.5. The molecule has 35 heavy (non-hydrogen) atoms. The summed E-state index contributed by atoms with van der Waals surface area (Å²) in [5, 5.41) is 3.66. The predicted octanol–water partition coefficient (Wildman–Crippen LogP) is 6.95. The van der Waals surface area contributed by atoms with E-state index in [0.29, 0.717) is 32.5 Å². The van der Waals surface area contributed by atoms with Crippen LogP contribution in [0.15, 0.2) is 102 Å². The van der Waals surface area contributed by atoms with E-state index < -0.39 is 10.0 Å². The van der Waals surface area contributed by atoms with Crippen LogP contribution in [-0.2, 0) is 16.6 Å². The quantitative estimate of drug-likeness (QED) is 0.284. The Hall–Kier alpha value is -3.32. The van der Waals surface area contributed by atoms with Crippen molar-refractivity contribution in [2.45, 2.75) is 18.4 Å². The maximum Gasteiger partial charge on any atom is 0.264 e. The number of rotatable bonds is 7. The summed E-state index contributed by atoms with van der Waals surface area (Å²) in [5.41, 5.74) is 2.90. The van der Waals surface area contributed by atoms with E-state index in [-0.39, 0.29) is 17.3 Å². The van der Waals surface area contributed by atoms with Gasteiger partial charge in [0.25, 0.3) is 15.9 Å². The van der Waals surface area contributed by atoms with Gasteiger partial charge in [-0.15, -0.1) is 0 Å². The fourth-order valence-electron chi connectivity index (χ4n) is 3.55. The fraction of sp³-hybridized carbons (Fsp3) is 0.0741. The SMILES string of the molecule is Cc1ccc(Cl)cc1N(Cc1ccc(C(=O)Nc2ccccc2Cl)cc1)S(=O)(=O)c1ccccc1. The average Bonchev–Trinajstić information content (AvgIpc) is 2.86. The van der Waals surface area contributed by atoms with Crippen LogP contribution in [0.1, 0.15) is 21.5 Å². The molecule has 0 unspecified atom stereocenters. The molecule has 0 spiro atoms. The molecule has 0 aliphatic rings. The van der Waals surface area contributed by atoms with Gasteiger partial charge >= 0.3 is 0 Å². The Morgan fingerprint density at radius 1 is 0.857 bits per heavy atom. The van der Waals surface area contributed by atoms with Crippen LogP contribution >= 0.6 is 23.2 Å². The standard InChI is InChI=1S/C27H22Cl2N2O3S/c1-19-11-16-22(28)17-26(19)31(35(33,34)23-7-3-2-4-8-23)18-20-12-14-21(15-13-20)27(32)30-25-10-6-5-9-24(25)29/h2-17H,18H2,1H3,(H,30,32). The highest BCUT2D eigenvalue weighted by molar-refractivity contribution is 7.92. The molecule has 4 aromatic carbocycles. The van der Waals surface area contributed by atoms with E-state index in [1.165, 1.54) is 4.31 Å². The highest BCUT2D eigenvalue weighted by Crippen LogP contribution is 2.31. The van der Waals surface area contributed by atoms with Crippen molar-refractivity contribution in [1.29, 1.82) is 0 Å². The number of carbonyl (C=O) groups excluding carboxylic acids is 1. The molecule has 0 saturated heterocycles. The van der Waals surface area contributed by atoms with E-state index in [1.54, 1.807) is 97.1 Å². The van der Waals surface area contributed by atoms with Gasteiger partial charge in [0.1, 0.15) is 0 Å². The van der Waals surface area contributed by atoms with Gasteiger partial charge in [-0.05, 0) is 66.6 Å². The van der Waals surface area contributed by atoms with Crippen molar-refractivity contribution in [3.63, 3.8) is 0 Å². The molecule has 4 aromatic rings. The number of para-hydroxylation sites is 1. The number of nitrogens with zero attached hydrogens (tertiary/aromatic N) is 1. The predicted molar refractivity (Wildman–Crippen MR) is 142 cm³/mol. The van der Waals surface area contributed by atoms with Crippen LogP contribution in [0.5, 0.6) is 0 Å². The van der Waals surface area contributed by atoms with Crippen LogP contribution in [0.2, 0.25) is 10.0 Å². The van der Waals surface area contributed by atoms with Gasteiger partial charge in [0.05, 0.1) is 27.8 Å². The topological polar surface area (TPSA) is 66.5 Å². The van der Waals surface area contributed by atoms with Gasteiger partial charge < -0.3 is 5.32 Å². The second-order valence-corrected chi connectivity index (χ2v) is 10.6. The molecular weight excluding hydrogens is 503 g/mol. The molecule has 0 fully saturated rings. The molecular formula is C27H22Cl2N2O3S. The number of halogens is 2. The number of sulfonamides is 1. The highest BCUT2D eigenvalue weighted by Gasteiger charge is 2.26.